The molecule has 1 saturated heterocycles. The Kier molecular flexibility index (Phi) is 9.09. The lowest BCUT2D eigenvalue weighted by Crippen LogP contribution is -2.52. The molecule has 2 aromatic carbocycles. The Balaban J connectivity index is 0.000000289. The maximum absolute atomic E-state index is 12.7. The van der Waals surface area contributed by atoms with E-state index in [0.29, 0.717) is 23.2 Å². The highest BCUT2D eigenvalue weighted by molar-refractivity contribution is 6.06. The third-order valence-electron chi connectivity index (χ3n) is 5.92. The number of piperidine rings is 1. The molecule has 0 spiro atoms. The van der Waals surface area contributed by atoms with Crippen molar-refractivity contribution in [2.45, 2.75) is 51.1 Å². The van der Waals surface area contributed by atoms with Gasteiger partial charge in [-0.25, -0.2) is 0 Å². The number of anilines is 1. The van der Waals surface area contributed by atoms with Crippen molar-refractivity contribution in [1.82, 2.24) is 10.2 Å². The smallest absolute Gasteiger partial charge is 0.303 e. The fraction of sp³-hybridized carbons (Fsp3) is 0.308. The van der Waals surface area contributed by atoms with Crippen LogP contribution >= 0.6 is 0 Å². The molecule has 11 heteroatoms. The minimum absolute atomic E-state index is 0.0518. The number of carbonyl (C=O) groups excluding carboxylic acids is 5. The van der Waals surface area contributed by atoms with E-state index in [9.17, 15) is 28.8 Å². The average molecular weight is 509 g/mol. The van der Waals surface area contributed by atoms with Crippen LogP contribution in [0.15, 0.2) is 48.5 Å². The molecule has 0 aromatic heterocycles. The molecule has 37 heavy (non-hydrogen) atoms. The molecule has 5 N–H and O–H groups in total. The van der Waals surface area contributed by atoms with Gasteiger partial charge in [0.05, 0.1) is 0 Å². The Labute approximate surface area is 213 Å². The lowest BCUT2D eigenvalue weighted by Gasteiger charge is -2.29. The summed E-state index contributed by atoms with van der Waals surface area (Å²) in [5.74, 6) is -2.86. The van der Waals surface area contributed by atoms with E-state index >= 15 is 0 Å². The molecule has 2 heterocycles. The molecule has 2 aromatic rings. The van der Waals surface area contributed by atoms with Crippen molar-refractivity contribution in [3.05, 3.63) is 65.2 Å². The van der Waals surface area contributed by atoms with Gasteiger partial charge in [-0.05, 0) is 30.5 Å². The number of benzene rings is 2. The summed E-state index contributed by atoms with van der Waals surface area (Å²) in [7, 11) is 0. The SMILES string of the molecule is NC(=O)CCC(=O)Nc1cccc2c1CN(C1CCC(=O)NC1=O)C2=O.O=C(O)CCc1ccccc1. The van der Waals surface area contributed by atoms with E-state index in [2.05, 4.69) is 10.6 Å². The Morgan fingerprint density at radius 1 is 1.00 bits per heavy atom. The number of nitrogens with two attached hydrogens (primary N) is 1. The number of amides is 5. The van der Waals surface area contributed by atoms with Crippen molar-refractivity contribution in [2.24, 2.45) is 5.73 Å². The topological polar surface area (TPSA) is 176 Å². The number of nitrogens with zero attached hydrogens (tertiary/aromatic N) is 1. The van der Waals surface area contributed by atoms with Crippen LogP contribution < -0.4 is 16.4 Å². The first-order chi connectivity index (χ1) is 17.7. The standard InChI is InChI=1S/C17H18N4O5.C9H10O2/c18-13(22)5-7-14(23)19-11-3-1-2-9-10(11)8-21(17(9)26)12-4-6-15(24)20-16(12)25;10-9(11)7-6-8-4-2-1-3-5-8/h1-3,12H,4-8H2,(H2,18,22)(H,19,23)(H,20,24,25);1-5H,6-7H2,(H,10,11). The van der Waals surface area contributed by atoms with E-state index in [0.717, 1.165) is 5.56 Å². The van der Waals surface area contributed by atoms with Crippen molar-refractivity contribution in [2.75, 3.05) is 5.32 Å². The number of hydrogen-bond donors (Lipinski definition) is 4. The summed E-state index contributed by atoms with van der Waals surface area (Å²) in [5.41, 5.74) is 7.58. The number of imide groups is 1. The summed E-state index contributed by atoms with van der Waals surface area (Å²) in [6, 6.07) is 13.8. The van der Waals surface area contributed by atoms with E-state index in [1.807, 2.05) is 30.3 Å². The van der Waals surface area contributed by atoms with Gasteiger partial charge in [0, 0.05) is 49.0 Å². The third-order valence-corrected chi connectivity index (χ3v) is 5.92. The third kappa shape index (κ3) is 7.47. The molecule has 0 saturated carbocycles. The van der Waals surface area contributed by atoms with Gasteiger partial charge in [-0.2, -0.15) is 0 Å². The molecule has 1 atom stereocenters. The zero-order valence-electron chi connectivity index (χ0n) is 20.1. The Hall–Kier alpha value is -4.54. The van der Waals surface area contributed by atoms with Gasteiger partial charge in [0.1, 0.15) is 6.04 Å². The number of carboxylic acids is 1. The molecular weight excluding hydrogens is 480 g/mol. The zero-order chi connectivity index (χ0) is 26.9. The minimum atomic E-state index is -0.742. The molecule has 0 radical (unpaired) electrons. The lowest BCUT2D eigenvalue weighted by atomic mass is 10.0. The van der Waals surface area contributed by atoms with Crippen LogP contribution in [0.4, 0.5) is 5.69 Å². The van der Waals surface area contributed by atoms with Crippen molar-refractivity contribution in [1.29, 1.82) is 0 Å². The van der Waals surface area contributed by atoms with Crippen molar-refractivity contribution in [3.8, 4) is 0 Å². The Morgan fingerprint density at radius 3 is 2.38 bits per heavy atom. The van der Waals surface area contributed by atoms with Crippen molar-refractivity contribution >= 4 is 41.2 Å². The number of aliphatic carboxylic acids is 1. The number of aryl methyl sites for hydroxylation is 1. The quantitative estimate of drug-likeness (QED) is 0.389. The summed E-state index contributed by atoms with van der Waals surface area (Å²) in [4.78, 5) is 70.3. The predicted octanol–water partition coefficient (Wildman–Crippen LogP) is 1.36. The van der Waals surface area contributed by atoms with E-state index in [1.54, 1.807) is 18.2 Å². The van der Waals surface area contributed by atoms with Gasteiger partial charge < -0.3 is 21.1 Å². The molecule has 0 bridgehead atoms. The van der Waals surface area contributed by atoms with E-state index in [1.165, 1.54) is 4.90 Å². The van der Waals surface area contributed by atoms with Crippen LogP contribution in [0.3, 0.4) is 0 Å². The fourth-order valence-electron chi connectivity index (χ4n) is 4.05. The fourth-order valence-corrected chi connectivity index (χ4v) is 4.05. The highest BCUT2D eigenvalue weighted by atomic mass is 16.4. The summed E-state index contributed by atoms with van der Waals surface area (Å²) >= 11 is 0. The van der Waals surface area contributed by atoms with Crippen LogP contribution in [0.5, 0.6) is 0 Å². The van der Waals surface area contributed by atoms with Gasteiger partial charge in [-0.3, -0.25) is 34.1 Å². The number of fused-ring (bicyclic) bond motifs is 1. The Morgan fingerprint density at radius 2 is 1.73 bits per heavy atom. The van der Waals surface area contributed by atoms with E-state index < -0.39 is 23.8 Å². The van der Waals surface area contributed by atoms with Crippen molar-refractivity contribution < 1.29 is 33.9 Å². The molecule has 4 rings (SSSR count). The first-order valence-corrected chi connectivity index (χ1v) is 11.8. The molecule has 5 amide bonds. The second kappa shape index (κ2) is 12.4. The van der Waals surface area contributed by atoms with Gasteiger partial charge >= 0.3 is 5.97 Å². The normalized spacial score (nSPS) is 16.3. The predicted molar refractivity (Wildman–Crippen MR) is 132 cm³/mol. The van der Waals surface area contributed by atoms with Crippen LogP contribution in [-0.4, -0.2) is 51.6 Å². The maximum Gasteiger partial charge on any atom is 0.303 e. The van der Waals surface area contributed by atoms with Crippen LogP contribution in [0.2, 0.25) is 0 Å². The molecule has 11 nitrogen and oxygen atoms in total. The van der Waals surface area contributed by atoms with Gasteiger partial charge in [0.25, 0.3) is 5.91 Å². The summed E-state index contributed by atoms with van der Waals surface area (Å²) < 4.78 is 0. The zero-order valence-corrected chi connectivity index (χ0v) is 20.1. The maximum atomic E-state index is 12.7. The van der Waals surface area contributed by atoms with Crippen LogP contribution in [0.25, 0.3) is 0 Å². The average Bonchev–Trinajstić information content (AvgIpc) is 3.20. The van der Waals surface area contributed by atoms with Crippen LogP contribution in [0.1, 0.15) is 53.6 Å². The molecule has 1 unspecified atom stereocenters. The van der Waals surface area contributed by atoms with Gasteiger partial charge in [0.2, 0.25) is 23.6 Å². The van der Waals surface area contributed by atoms with Gasteiger partial charge in [-0.15, -0.1) is 0 Å². The van der Waals surface area contributed by atoms with Crippen LogP contribution in [-0.2, 0) is 36.9 Å². The van der Waals surface area contributed by atoms with Gasteiger partial charge in [0.15, 0.2) is 0 Å². The number of carbonyl (C=O) groups is 6. The molecule has 0 aliphatic carbocycles. The van der Waals surface area contributed by atoms with E-state index in [-0.39, 0.29) is 56.4 Å². The first kappa shape index (κ1) is 27.1. The molecule has 194 valence electrons. The molecule has 2 aliphatic heterocycles. The van der Waals surface area contributed by atoms with Crippen LogP contribution in [0, 0.1) is 0 Å². The highest BCUT2D eigenvalue weighted by Crippen LogP contribution is 2.32. The summed E-state index contributed by atoms with van der Waals surface area (Å²) in [6.07, 6.45) is 1.16. The highest BCUT2D eigenvalue weighted by Gasteiger charge is 2.39. The summed E-state index contributed by atoms with van der Waals surface area (Å²) in [6.45, 7) is 0.159. The molecular formula is C26H28N4O7. The number of rotatable bonds is 8. The molecule has 2 aliphatic rings. The monoisotopic (exact) mass is 508 g/mol. The summed E-state index contributed by atoms with van der Waals surface area (Å²) in [5, 5.41) is 13.3. The second-order valence-corrected chi connectivity index (χ2v) is 8.63. The van der Waals surface area contributed by atoms with E-state index in [4.69, 9.17) is 10.8 Å². The van der Waals surface area contributed by atoms with Gasteiger partial charge in [-0.1, -0.05) is 36.4 Å². The Bertz CT molecular complexity index is 1210. The molecule has 1 fully saturated rings. The number of hydrogen-bond acceptors (Lipinski definition) is 6. The largest absolute Gasteiger partial charge is 0.481 e. The number of primary amides is 1. The second-order valence-electron chi connectivity index (χ2n) is 8.63. The lowest BCUT2D eigenvalue weighted by molar-refractivity contribution is -0.138. The number of nitrogens with one attached hydrogen (secondary N) is 2. The number of carboxylic acid groups (broad SMARTS) is 1. The minimum Gasteiger partial charge on any atom is -0.481 e. The first-order valence-electron chi connectivity index (χ1n) is 11.8. The van der Waals surface area contributed by atoms with Crippen molar-refractivity contribution in [3.63, 3.8) is 0 Å².